The lowest BCUT2D eigenvalue weighted by molar-refractivity contribution is -0.125. The molecule has 2 N–H and O–H groups in total. The number of carbonyl (C=O) groups is 2. The zero-order valence-corrected chi connectivity index (χ0v) is 12.2. The van der Waals surface area contributed by atoms with Crippen molar-refractivity contribution in [3.63, 3.8) is 0 Å². The van der Waals surface area contributed by atoms with E-state index in [4.69, 9.17) is 4.74 Å². The second-order valence-corrected chi connectivity index (χ2v) is 5.49. The number of rotatable bonds is 2. The average molecular weight is 306 g/mol. The SMILES string of the molecule is O=C1O[C@H](C(=O)Nc2cccc3[nH]ccc23)Cc2ccccc21. The highest BCUT2D eigenvalue weighted by Gasteiger charge is 2.31. The first-order valence-electron chi connectivity index (χ1n) is 7.38. The Bertz CT molecular complexity index is 913. The molecule has 5 heteroatoms. The van der Waals surface area contributed by atoms with Crippen LogP contribution < -0.4 is 5.32 Å². The number of hydrogen-bond acceptors (Lipinski definition) is 3. The van der Waals surface area contributed by atoms with Crippen molar-refractivity contribution >= 4 is 28.5 Å². The van der Waals surface area contributed by atoms with Gasteiger partial charge in [0.25, 0.3) is 5.91 Å². The molecule has 1 amide bonds. The number of H-pyrrole nitrogens is 1. The molecule has 0 spiro atoms. The Morgan fingerprint density at radius 2 is 2.00 bits per heavy atom. The minimum Gasteiger partial charge on any atom is -0.448 e. The average Bonchev–Trinajstić information content (AvgIpc) is 3.04. The van der Waals surface area contributed by atoms with Gasteiger partial charge in [0.15, 0.2) is 6.10 Å². The van der Waals surface area contributed by atoms with Crippen molar-refractivity contribution < 1.29 is 14.3 Å². The first-order chi connectivity index (χ1) is 11.2. The van der Waals surface area contributed by atoms with Gasteiger partial charge in [0.05, 0.1) is 11.3 Å². The Hall–Kier alpha value is -3.08. The maximum Gasteiger partial charge on any atom is 0.339 e. The number of aromatic nitrogens is 1. The number of nitrogens with one attached hydrogen (secondary N) is 2. The fourth-order valence-corrected chi connectivity index (χ4v) is 2.89. The zero-order chi connectivity index (χ0) is 15.8. The van der Waals surface area contributed by atoms with Crippen LogP contribution in [0.1, 0.15) is 15.9 Å². The molecule has 0 saturated heterocycles. The van der Waals surface area contributed by atoms with Gasteiger partial charge in [-0.05, 0) is 29.8 Å². The van der Waals surface area contributed by atoms with Gasteiger partial charge in [0, 0.05) is 23.5 Å². The lowest BCUT2D eigenvalue weighted by Gasteiger charge is -2.23. The van der Waals surface area contributed by atoms with E-state index in [1.165, 1.54) is 0 Å². The van der Waals surface area contributed by atoms with Crippen LogP contribution in [0.2, 0.25) is 0 Å². The summed E-state index contributed by atoms with van der Waals surface area (Å²) in [7, 11) is 0. The van der Waals surface area contributed by atoms with E-state index in [0.717, 1.165) is 16.5 Å². The summed E-state index contributed by atoms with van der Waals surface area (Å²) >= 11 is 0. The van der Waals surface area contributed by atoms with Gasteiger partial charge in [-0.2, -0.15) is 0 Å². The number of benzene rings is 2. The molecule has 0 fully saturated rings. The fourth-order valence-electron chi connectivity index (χ4n) is 2.89. The smallest absolute Gasteiger partial charge is 0.339 e. The van der Waals surface area contributed by atoms with E-state index in [1.54, 1.807) is 12.1 Å². The van der Waals surface area contributed by atoms with Gasteiger partial charge in [-0.15, -0.1) is 0 Å². The van der Waals surface area contributed by atoms with Crippen molar-refractivity contribution in [1.29, 1.82) is 0 Å². The molecule has 2 heterocycles. The van der Waals surface area contributed by atoms with Crippen LogP contribution in [0.5, 0.6) is 0 Å². The number of carbonyl (C=O) groups excluding carboxylic acids is 2. The van der Waals surface area contributed by atoms with E-state index < -0.39 is 12.1 Å². The van der Waals surface area contributed by atoms with E-state index >= 15 is 0 Å². The third-order valence-corrected chi connectivity index (χ3v) is 4.04. The lowest BCUT2D eigenvalue weighted by atomic mass is 9.98. The first-order valence-corrected chi connectivity index (χ1v) is 7.38. The number of anilines is 1. The molecule has 4 rings (SSSR count). The van der Waals surface area contributed by atoms with E-state index in [0.29, 0.717) is 17.7 Å². The Balaban J connectivity index is 1.59. The van der Waals surface area contributed by atoms with Gasteiger partial charge in [0.1, 0.15) is 0 Å². The monoisotopic (exact) mass is 306 g/mol. The summed E-state index contributed by atoms with van der Waals surface area (Å²) in [6, 6.07) is 14.7. The minimum absolute atomic E-state index is 0.318. The second-order valence-electron chi connectivity index (χ2n) is 5.49. The molecule has 3 aromatic rings. The molecule has 0 saturated carbocycles. The predicted molar refractivity (Wildman–Crippen MR) is 86.3 cm³/mol. The van der Waals surface area contributed by atoms with Crippen molar-refractivity contribution in [1.82, 2.24) is 4.98 Å². The predicted octanol–water partition coefficient (Wildman–Crippen LogP) is 2.89. The number of hydrogen-bond donors (Lipinski definition) is 2. The Morgan fingerprint density at radius 1 is 1.13 bits per heavy atom. The third-order valence-electron chi connectivity index (χ3n) is 4.04. The van der Waals surface area contributed by atoms with Crippen LogP contribution >= 0.6 is 0 Å². The van der Waals surface area contributed by atoms with Crippen LogP contribution in [0.25, 0.3) is 10.9 Å². The summed E-state index contributed by atoms with van der Waals surface area (Å²) < 4.78 is 5.28. The molecule has 1 aliphatic heterocycles. The van der Waals surface area contributed by atoms with Crippen molar-refractivity contribution in [3.8, 4) is 0 Å². The second kappa shape index (κ2) is 5.28. The molecule has 1 aliphatic rings. The Labute approximate surface area is 132 Å². The molecular formula is C18H14N2O3. The van der Waals surface area contributed by atoms with Gasteiger partial charge < -0.3 is 15.0 Å². The Morgan fingerprint density at radius 3 is 2.91 bits per heavy atom. The molecule has 1 atom stereocenters. The molecule has 0 radical (unpaired) electrons. The number of cyclic esters (lactones) is 1. The van der Waals surface area contributed by atoms with E-state index in [2.05, 4.69) is 10.3 Å². The maximum atomic E-state index is 12.5. The topological polar surface area (TPSA) is 71.2 Å². The highest BCUT2D eigenvalue weighted by atomic mass is 16.5. The van der Waals surface area contributed by atoms with Crippen molar-refractivity contribution in [2.75, 3.05) is 5.32 Å². The van der Waals surface area contributed by atoms with Crippen LogP contribution in [-0.2, 0) is 16.0 Å². The molecule has 114 valence electrons. The van der Waals surface area contributed by atoms with Crippen molar-refractivity contribution in [2.24, 2.45) is 0 Å². The summed E-state index contributed by atoms with van der Waals surface area (Å²) in [5, 5.41) is 3.78. The summed E-state index contributed by atoms with van der Waals surface area (Å²) in [5.74, 6) is -0.770. The minimum atomic E-state index is -0.813. The zero-order valence-electron chi connectivity index (χ0n) is 12.2. The van der Waals surface area contributed by atoms with Crippen LogP contribution in [0.3, 0.4) is 0 Å². The normalized spacial score (nSPS) is 16.7. The number of aromatic amines is 1. The summed E-state index contributed by atoms with van der Waals surface area (Å²) in [5.41, 5.74) is 3.01. The summed E-state index contributed by atoms with van der Waals surface area (Å²) in [6.07, 6.45) is 1.39. The molecule has 1 aromatic heterocycles. The highest BCUT2D eigenvalue weighted by Crippen LogP contribution is 2.25. The standard InChI is InChI=1S/C18H14N2O3/c21-17(20-15-7-3-6-14-13(15)8-9-19-14)16-10-11-4-1-2-5-12(11)18(22)23-16/h1-9,16,19H,10H2,(H,20,21)/t16-/m0/s1. The maximum absolute atomic E-state index is 12.5. The molecular weight excluding hydrogens is 292 g/mol. The number of fused-ring (bicyclic) bond motifs is 2. The molecule has 23 heavy (non-hydrogen) atoms. The van der Waals surface area contributed by atoms with Crippen LogP contribution in [0.15, 0.2) is 54.7 Å². The summed E-state index contributed by atoms with van der Waals surface area (Å²) in [4.78, 5) is 27.6. The highest BCUT2D eigenvalue weighted by molar-refractivity contribution is 6.04. The van der Waals surface area contributed by atoms with Gasteiger partial charge in [0.2, 0.25) is 0 Å². The van der Waals surface area contributed by atoms with Gasteiger partial charge in [-0.3, -0.25) is 4.79 Å². The van der Waals surface area contributed by atoms with E-state index in [9.17, 15) is 9.59 Å². The molecule has 0 bridgehead atoms. The Kier molecular flexibility index (Phi) is 3.12. The van der Waals surface area contributed by atoms with E-state index in [-0.39, 0.29) is 5.91 Å². The molecule has 5 nitrogen and oxygen atoms in total. The van der Waals surface area contributed by atoms with Crippen LogP contribution in [0, 0.1) is 0 Å². The van der Waals surface area contributed by atoms with Gasteiger partial charge in [-0.1, -0.05) is 24.3 Å². The lowest BCUT2D eigenvalue weighted by Crippen LogP contribution is -2.38. The van der Waals surface area contributed by atoms with Crippen LogP contribution in [0.4, 0.5) is 5.69 Å². The van der Waals surface area contributed by atoms with Crippen molar-refractivity contribution in [3.05, 3.63) is 65.9 Å². The molecule has 2 aromatic carbocycles. The largest absolute Gasteiger partial charge is 0.448 e. The third kappa shape index (κ3) is 2.36. The first kappa shape index (κ1) is 13.6. The van der Waals surface area contributed by atoms with Gasteiger partial charge in [-0.25, -0.2) is 4.79 Å². The van der Waals surface area contributed by atoms with Gasteiger partial charge >= 0.3 is 5.97 Å². The quantitative estimate of drug-likeness (QED) is 0.715. The number of ether oxygens (including phenoxy) is 1. The van der Waals surface area contributed by atoms with Crippen molar-refractivity contribution in [2.45, 2.75) is 12.5 Å². The number of esters is 1. The van der Waals surface area contributed by atoms with E-state index in [1.807, 2.05) is 42.6 Å². The number of amides is 1. The molecule has 0 aliphatic carbocycles. The molecule has 0 unspecified atom stereocenters. The van der Waals surface area contributed by atoms with Crippen LogP contribution in [-0.4, -0.2) is 23.0 Å². The summed E-state index contributed by atoms with van der Waals surface area (Å²) in [6.45, 7) is 0. The fraction of sp³-hybridized carbons (Fsp3) is 0.111.